The van der Waals surface area contributed by atoms with Crippen LogP contribution in [0.2, 0.25) is 0 Å². The highest BCUT2D eigenvalue weighted by Gasteiger charge is 2.02. The number of anilines is 1. The predicted molar refractivity (Wildman–Crippen MR) is 51.3 cm³/mol. The molecule has 0 saturated carbocycles. The number of aromatic nitrogens is 1. The van der Waals surface area contributed by atoms with E-state index in [9.17, 15) is 4.79 Å². The summed E-state index contributed by atoms with van der Waals surface area (Å²) in [6.45, 7) is 0. The van der Waals surface area contributed by atoms with Gasteiger partial charge in [-0.3, -0.25) is 4.79 Å². The molecule has 4 heteroatoms. The molecule has 0 aliphatic rings. The summed E-state index contributed by atoms with van der Waals surface area (Å²) in [7, 11) is 0. The molecule has 0 aliphatic carbocycles. The summed E-state index contributed by atoms with van der Waals surface area (Å²) in [6.07, 6.45) is 3.14. The predicted octanol–water partition coefficient (Wildman–Crippen LogP) is 1.82. The first kappa shape index (κ1) is 8.50. The van der Waals surface area contributed by atoms with Crippen molar-refractivity contribution in [2.75, 3.05) is 5.32 Å². The Bertz CT molecular complexity index is 423. The Morgan fingerprint density at radius 2 is 2.21 bits per heavy atom. The molecule has 2 heterocycles. The van der Waals surface area contributed by atoms with Crippen LogP contribution in [0.15, 0.2) is 41.0 Å². The van der Waals surface area contributed by atoms with E-state index in [1.165, 1.54) is 0 Å². The van der Waals surface area contributed by atoms with E-state index in [1.807, 2.05) is 0 Å². The minimum Gasteiger partial charge on any atom is -0.463 e. The van der Waals surface area contributed by atoms with Gasteiger partial charge >= 0.3 is 6.41 Å². The molecule has 1 radical (unpaired) electrons. The quantitative estimate of drug-likeness (QED) is 0.745. The van der Waals surface area contributed by atoms with E-state index in [4.69, 9.17) is 4.42 Å². The molecule has 0 fully saturated rings. The normalized spacial score (nSPS) is 9.71. The minimum absolute atomic E-state index is 0.453. The summed E-state index contributed by atoms with van der Waals surface area (Å²) in [4.78, 5) is 14.2. The van der Waals surface area contributed by atoms with Crippen LogP contribution in [0.5, 0.6) is 0 Å². The number of hydrogen-bond acceptors (Lipinski definition) is 3. The minimum atomic E-state index is 0.453. The van der Waals surface area contributed by atoms with Gasteiger partial charge in [0, 0.05) is 0 Å². The Hall–Kier alpha value is -2.10. The molecule has 2 rings (SSSR count). The van der Waals surface area contributed by atoms with Crippen LogP contribution in [0.1, 0.15) is 0 Å². The molecule has 0 aliphatic heterocycles. The first-order valence-corrected chi connectivity index (χ1v) is 4.04. The molecule has 0 aromatic carbocycles. The van der Waals surface area contributed by atoms with Crippen LogP contribution in [0.4, 0.5) is 5.82 Å². The van der Waals surface area contributed by atoms with Crippen molar-refractivity contribution in [2.24, 2.45) is 0 Å². The van der Waals surface area contributed by atoms with Crippen molar-refractivity contribution in [3.8, 4) is 11.5 Å². The van der Waals surface area contributed by atoms with Crippen LogP contribution in [-0.4, -0.2) is 11.4 Å². The van der Waals surface area contributed by atoms with Crippen molar-refractivity contribution in [3.05, 3.63) is 36.6 Å². The van der Waals surface area contributed by atoms with Gasteiger partial charge < -0.3 is 9.73 Å². The highest BCUT2D eigenvalue weighted by atomic mass is 16.3. The van der Waals surface area contributed by atoms with Gasteiger partial charge in [0.25, 0.3) is 0 Å². The molecule has 2 aromatic heterocycles. The van der Waals surface area contributed by atoms with E-state index in [1.54, 1.807) is 43.0 Å². The summed E-state index contributed by atoms with van der Waals surface area (Å²) in [6, 6.07) is 8.84. The van der Waals surface area contributed by atoms with Gasteiger partial charge in [-0.2, -0.15) is 0 Å². The van der Waals surface area contributed by atoms with E-state index in [2.05, 4.69) is 10.3 Å². The van der Waals surface area contributed by atoms with Crippen molar-refractivity contribution >= 4 is 12.2 Å². The first-order valence-electron chi connectivity index (χ1n) is 4.04. The number of pyridine rings is 1. The Kier molecular flexibility index (Phi) is 2.27. The molecular formula is C10H7N2O2. The monoisotopic (exact) mass is 187 g/mol. The van der Waals surface area contributed by atoms with Gasteiger partial charge in [-0.25, -0.2) is 4.98 Å². The van der Waals surface area contributed by atoms with E-state index in [0.29, 0.717) is 17.3 Å². The number of furan rings is 1. The fraction of sp³-hybridized carbons (Fsp3) is 0. The largest absolute Gasteiger partial charge is 0.463 e. The Morgan fingerprint density at radius 3 is 2.93 bits per heavy atom. The SMILES string of the molecule is O=[C]Nc1cccc(-c2ccco2)n1. The molecule has 0 unspecified atom stereocenters. The van der Waals surface area contributed by atoms with Gasteiger partial charge in [0.2, 0.25) is 0 Å². The molecule has 1 N–H and O–H groups in total. The third-order valence-electron chi connectivity index (χ3n) is 1.70. The maximum atomic E-state index is 10.1. The number of rotatable bonds is 3. The summed E-state index contributed by atoms with van der Waals surface area (Å²) < 4.78 is 5.16. The highest BCUT2D eigenvalue weighted by molar-refractivity contribution is 5.70. The van der Waals surface area contributed by atoms with Crippen LogP contribution in [0, 0.1) is 0 Å². The van der Waals surface area contributed by atoms with Crippen molar-refractivity contribution in [2.45, 2.75) is 0 Å². The van der Waals surface area contributed by atoms with Crippen LogP contribution >= 0.6 is 0 Å². The number of carbonyl (C=O) groups excluding carboxylic acids is 1. The third-order valence-corrected chi connectivity index (χ3v) is 1.70. The Balaban J connectivity index is 2.35. The molecule has 0 atom stereocenters. The van der Waals surface area contributed by atoms with Gasteiger partial charge in [0.1, 0.15) is 11.5 Å². The fourth-order valence-corrected chi connectivity index (χ4v) is 1.12. The van der Waals surface area contributed by atoms with Crippen molar-refractivity contribution in [1.29, 1.82) is 0 Å². The second-order valence-electron chi connectivity index (χ2n) is 2.61. The second kappa shape index (κ2) is 3.74. The van der Waals surface area contributed by atoms with Crippen molar-refractivity contribution in [3.63, 3.8) is 0 Å². The summed E-state index contributed by atoms with van der Waals surface area (Å²) in [5.41, 5.74) is 0.676. The number of nitrogens with one attached hydrogen (secondary N) is 1. The average Bonchev–Trinajstić information content (AvgIpc) is 2.71. The van der Waals surface area contributed by atoms with Crippen molar-refractivity contribution < 1.29 is 9.21 Å². The van der Waals surface area contributed by atoms with Crippen LogP contribution < -0.4 is 5.32 Å². The molecule has 4 nitrogen and oxygen atoms in total. The molecule has 14 heavy (non-hydrogen) atoms. The molecule has 1 amide bonds. The topological polar surface area (TPSA) is 55.1 Å². The zero-order valence-corrected chi connectivity index (χ0v) is 7.23. The van der Waals surface area contributed by atoms with E-state index < -0.39 is 0 Å². The summed E-state index contributed by atoms with van der Waals surface area (Å²) in [5, 5.41) is 2.35. The standard InChI is InChI=1S/C10H7N2O2/c13-7-11-10-5-1-3-8(12-10)9-4-2-6-14-9/h1-6H,(H,11,12,13). The van der Waals surface area contributed by atoms with Crippen molar-refractivity contribution in [1.82, 2.24) is 4.98 Å². The molecule has 0 spiro atoms. The van der Waals surface area contributed by atoms with Crippen LogP contribution in [0.3, 0.4) is 0 Å². The van der Waals surface area contributed by atoms with E-state index in [0.717, 1.165) is 0 Å². The molecule has 2 aromatic rings. The fourth-order valence-electron chi connectivity index (χ4n) is 1.12. The maximum Gasteiger partial charge on any atom is 0.315 e. The van der Waals surface area contributed by atoms with E-state index in [-0.39, 0.29) is 0 Å². The zero-order valence-electron chi connectivity index (χ0n) is 7.23. The van der Waals surface area contributed by atoms with Gasteiger partial charge in [0.15, 0.2) is 5.76 Å². The second-order valence-corrected chi connectivity index (χ2v) is 2.61. The van der Waals surface area contributed by atoms with Gasteiger partial charge in [-0.1, -0.05) is 6.07 Å². The highest BCUT2D eigenvalue weighted by Crippen LogP contribution is 2.18. The summed E-state index contributed by atoms with van der Waals surface area (Å²) >= 11 is 0. The number of nitrogens with zero attached hydrogens (tertiary/aromatic N) is 1. The lowest BCUT2D eigenvalue weighted by atomic mass is 10.3. The lowest BCUT2D eigenvalue weighted by Crippen LogP contribution is -1.96. The molecule has 69 valence electrons. The van der Waals surface area contributed by atoms with E-state index >= 15 is 0 Å². The van der Waals surface area contributed by atoms with Crippen LogP contribution in [0.25, 0.3) is 11.5 Å². The van der Waals surface area contributed by atoms with Gasteiger partial charge in [0.05, 0.1) is 6.26 Å². The van der Waals surface area contributed by atoms with Gasteiger partial charge in [-0.05, 0) is 24.3 Å². The molecule has 0 saturated heterocycles. The third kappa shape index (κ3) is 1.64. The summed E-state index contributed by atoms with van der Waals surface area (Å²) in [5.74, 6) is 1.12. The van der Waals surface area contributed by atoms with Crippen LogP contribution in [-0.2, 0) is 4.79 Å². The smallest absolute Gasteiger partial charge is 0.315 e. The zero-order chi connectivity index (χ0) is 9.80. The molecule has 0 bridgehead atoms. The number of hydrogen-bond donors (Lipinski definition) is 1. The maximum absolute atomic E-state index is 10.1. The lowest BCUT2D eigenvalue weighted by Gasteiger charge is -1.99. The first-order chi connectivity index (χ1) is 6.90. The average molecular weight is 187 g/mol. The lowest BCUT2D eigenvalue weighted by molar-refractivity contribution is 0.560. The van der Waals surface area contributed by atoms with Gasteiger partial charge in [-0.15, -0.1) is 0 Å². The Labute approximate surface area is 80.6 Å². The number of amides is 1. The Morgan fingerprint density at radius 1 is 1.29 bits per heavy atom. The molecular weight excluding hydrogens is 180 g/mol.